The maximum Gasteiger partial charge on any atom is 0.463 e. The van der Waals surface area contributed by atoms with Crippen molar-refractivity contribution in [3.05, 3.63) is 58.7 Å². The lowest BCUT2D eigenvalue weighted by Gasteiger charge is -2.26. The van der Waals surface area contributed by atoms with Crippen molar-refractivity contribution in [3.8, 4) is 11.5 Å². The summed E-state index contributed by atoms with van der Waals surface area (Å²) in [6, 6.07) is 13.3. The molecule has 38 heavy (non-hydrogen) atoms. The quantitative estimate of drug-likeness (QED) is 0.176. The molecule has 1 aliphatic rings. The summed E-state index contributed by atoms with van der Waals surface area (Å²) < 4.78 is 19.6. The average molecular weight is 541 g/mol. The van der Waals surface area contributed by atoms with Gasteiger partial charge in [0.25, 0.3) is 0 Å². The van der Waals surface area contributed by atoms with Crippen LogP contribution in [-0.2, 0) is 30.2 Å². The van der Waals surface area contributed by atoms with Gasteiger partial charge in [-0.2, -0.15) is 0 Å². The molecule has 3 nitrogen and oxygen atoms in total. The number of rotatable bonds is 18. The Morgan fingerprint density at radius 2 is 1.00 bits per heavy atom. The van der Waals surface area contributed by atoms with Gasteiger partial charge in [-0.05, 0) is 111 Å². The summed E-state index contributed by atoms with van der Waals surface area (Å²) in [5.41, 5.74) is 5.78. The smallest absolute Gasteiger partial charge is 0.418 e. The minimum absolute atomic E-state index is 0.224. The Bertz CT molecular complexity index is 856. The number of unbranched alkanes of at least 4 members (excludes halogenated alkanes) is 4. The van der Waals surface area contributed by atoms with Crippen LogP contribution in [0.4, 0.5) is 0 Å². The van der Waals surface area contributed by atoms with Crippen molar-refractivity contribution in [3.63, 3.8) is 0 Å². The van der Waals surface area contributed by atoms with Crippen molar-refractivity contribution in [2.24, 2.45) is 0 Å². The summed E-state index contributed by atoms with van der Waals surface area (Å²) in [5.74, 6) is 1.76. The molecule has 2 aromatic rings. The van der Waals surface area contributed by atoms with Crippen molar-refractivity contribution < 1.29 is 13.6 Å². The zero-order valence-corrected chi connectivity index (χ0v) is 25.6. The van der Waals surface area contributed by atoms with Crippen LogP contribution in [0.15, 0.2) is 36.4 Å². The maximum absolute atomic E-state index is 6.55. The predicted octanol–water partition coefficient (Wildman–Crippen LogP) is 11.1. The van der Waals surface area contributed by atoms with Crippen LogP contribution in [0.1, 0.15) is 133 Å². The van der Waals surface area contributed by atoms with Crippen molar-refractivity contribution in [1.82, 2.24) is 0 Å². The van der Waals surface area contributed by atoms with Crippen molar-refractivity contribution in [2.75, 3.05) is 0 Å². The van der Waals surface area contributed by atoms with Crippen LogP contribution < -0.4 is 9.05 Å². The molecular formula is C34H53O3P. The van der Waals surface area contributed by atoms with E-state index in [1.807, 2.05) is 0 Å². The van der Waals surface area contributed by atoms with Gasteiger partial charge in [-0.25, -0.2) is 0 Å². The van der Waals surface area contributed by atoms with Crippen molar-refractivity contribution in [1.29, 1.82) is 0 Å². The lowest BCUT2D eigenvalue weighted by Crippen LogP contribution is -2.16. The predicted molar refractivity (Wildman–Crippen MR) is 163 cm³/mol. The summed E-state index contributed by atoms with van der Waals surface area (Å²) >= 11 is 0. The van der Waals surface area contributed by atoms with Gasteiger partial charge in [0.05, 0.1) is 6.10 Å². The first-order chi connectivity index (χ1) is 18.7. The molecule has 0 bridgehead atoms. The summed E-state index contributed by atoms with van der Waals surface area (Å²) in [4.78, 5) is 0. The molecule has 1 fully saturated rings. The topological polar surface area (TPSA) is 27.7 Å². The molecule has 0 amide bonds. The van der Waals surface area contributed by atoms with E-state index in [1.54, 1.807) is 0 Å². The monoisotopic (exact) mass is 540 g/mol. The molecule has 0 radical (unpaired) electrons. The Hall–Kier alpha value is -1.57. The zero-order chi connectivity index (χ0) is 27.0. The molecule has 4 heteroatoms. The molecule has 1 saturated carbocycles. The second kappa shape index (κ2) is 17.9. The van der Waals surface area contributed by atoms with Crippen LogP contribution in [0, 0.1) is 0 Å². The normalized spacial score (nSPS) is 14.2. The molecule has 212 valence electrons. The third-order valence-corrected chi connectivity index (χ3v) is 8.89. The van der Waals surface area contributed by atoms with Gasteiger partial charge in [0.2, 0.25) is 0 Å². The Balaban J connectivity index is 1.81. The van der Waals surface area contributed by atoms with Crippen molar-refractivity contribution >= 4 is 8.60 Å². The fraction of sp³-hybridized carbons (Fsp3) is 0.647. The molecule has 0 N–H and O–H groups in total. The van der Waals surface area contributed by atoms with E-state index < -0.39 is 8.60 Å². The van der Waals surface area contributed by atoms with Gasteiger partial charge in [0.1, 0.15) is 11.5 Å². The summed E-state index contributed by atoms with van der Waals surface area (Å²) in [6.07, 6.45) is 20.4. The third kappa shape index (κ3) is 10.5. The number of hydrogen-bond acceptors (Lipinski definition) is 3. The van der Waals surface area contributed by atoms with Crippen LogP contribution in [0.5, 0.6) is 11.5 Å². The Kier molecular flexibility index (Phi) is 14.6. The van der Waals surface area contributed by atoms with Crippen LogP contribution >= 0.6 is 8.60 Å². The highest BCUT2D eigenvalue weighted by molar-refractivity contribution is 7.42. The fourth-order valence-electron chi connectivity index (χ4n) is 5.27. The van der Waals surface area contributed by atoms with E-state index in [0.29, 0.717) is 0 Å². The first-order valence-corrected chi connectivity index (χ1v) is 16.8. The highest BCUT2D eigenvalue weighted by atomic mass is 31.2. The van der Waals surface area contributed by atoms with E-state index in [-0.39, 0.29) is 6.10 Å². The van der Waals surface area contributed by atoms with E-state index >= 15 is 0 Å². The lowest BCUT2D eigenvalue weighted by molar-refractivity contribution is 0.138. The van der Waals surface area contributed by atoms with E-state index in [4.69, 9.17) is 13.6 Å². The molecule has 0 spiro atoms. The standard InChI is InChI=1S/C34H53O3P/c1-5-9-16-28-22-24-33(26-30(28)18-11-7-3)36-38(35-32-20-14-13-15-21-32)37-34-25-23-29(17-10-6-2)31(27-34)19-12-8-4/h22-27,32H,5-21H2,1-4H3. The summed E-state index contributed by atoms with van der Waals surface area (Å²) in [6.45, 7) is 9.06. The first kappa shape index (κ1) is 31.0. The molecule has 2 aromatic carbocycles. The number of hydrogen-bond donors (Lipinski definition) is 0. The summed E-state index contributed by atoms with van der Waals surface area (Å²) in [5, 5.41) is 0. The van der Waals surface area contributed by atoms with E-state index in [2.05, 4.69) is 64.1 Å². The van der Waals surface area contributed by atoms with Gasteiger partial charge in [-0.15, -0.1) is 0 Å². The molecule has 0 atom stereocenters. The molecular weight excluding hydrogens is 487 g/mol. The Morgan fingerprint density at radius 1 is 0.579 bits per heavy atom. The van der Waals surface area contributed by atoms with Gasteiger partial charge < -0.3 is 9.05 Å². The fourth-order valence-corrected chi connectivity index (χ4v) is 6.42. The molecule has 0 saturated heterocycles. The van der Waals surface area contributed by atoms with Crippen LogP contribution in [-0.4, -0.2) is 6.10 Å². The highest BCUT2D eigenvalue weighted by Crippen LogP contribution is 2.45. The summed E-state index contributed by atoms with van der Waals surface area (Å²) in [7, 11) is -1.53. The molecule has 0 aliphatic heterocycles. The minimum Gasteiger partial charge on any atom is -0.418 e. The number of benzene rings is 2. The van der Waals surface area contributed by atoms with Gasteiger partial charge in [0, 0.05) is 0 Å². The van der Waals surface area contributed by atoms with E-state index in [9.17, 15) is 0 Å². The van der Waals surface area contributed by atoms with Crippen LogP contribution in [0.25, 0.3) is 0 Å². The lowest BCUT2D eigenvalue weighted by atomic mass is 9.98. The molecule has 1 aliphatic carbocycles. The largest absolute Gasteiger partial charge is 0.463 e. The highest BCUT2D eigenvalue weighted by Gasteiger charge is 2.25. The SMILES string of the molecule is CCCCc1ccc(OP(Oc2ccc(CCCC)c(CCCC)c2)OC2CCCCC2)cc1CCCC. The first-order valence-electron chi connectivity index (χ1n) is 15.7. The molecule has 0 unspecified atom stereocenters. The van der Waals surface area contributed by atoms with E-state index in [1.165, 1.54) is 92.9 Å². The van der Waals surface area contributed by atoms with Crippen LogP contribution in [0.3, 0.4) is 0 Å². The number of aryl methyl sites for hydroxylation is 4. The second-order valence-corrected chi connectivity index (χ2v) is 12.1. The van der Waals surface area contributed by atoms with Gasteiger partial charge in [-0.3, -0.25) is 4.52 Å². The van der Waals surface area contributed by atoms with Crippen LogP contribution in [0.2, 0.25) is 0 Å². The third-order valence-electron chi connectivity index (χ3n) is 7.70. The minimum atomic E-state index is -1.53. The Labute approximate surface area is 235 Å². The van der Waals surface area contributed by atoms with E-state index in [0.717, 1.165) is 50.0 Å². The molecule has 3 rings (SSSR count). The van der Waals surface area contributed by atoms with Gasteiger partial charge >= 0.3 is 8.60 Å². The van der Waals surface area contributed by atoms with Crippen molar-refractivity contribution in [2.45, 2.75) is 143 Å². The average Bonchev–Trinajstić information content (AvgIpc) is 2.94. The van der Waals surface area contributed by atoms with Gasteiger partial charge in [0.15, 0.2) is 0 Å². The second-order valence-electron chi connectivity index (χ2n) is 11.0. The van der Waals surface area contributed by atoms with Gasteiger partial charge in [-0.1, -0.05) is 84.8 Å². The Morgan fingerprint density at radius 3 is 1.42 bits per heavy atom. The molecule has 0 aromatic heterocycles. The maximum atomic E-state index is 6.55. The molecule has 0 heterocycles. The zero-order valence-electron chi connectivity index (χ0n) is 24.7.